The fourth-order valence-corrected chi connectivity index (χ4v) is 2.44. The fourth-order valence-electron chi connectivity index (χ4n) is 2.44. The first-order chi connectivity index (χ1) is 10.1. The maximum Gasteiger partial charge on any atom is 0.182 e. The van der Waals surface area contributed by atoms with Gasteiger partial charge in [-0.25, -0.2) is 4.98 Å². The standard InChI is InChI=1S/C18H18N2O/c1-13(2)14-7-9-15(10-8-14)18(21)11-20-12-19-16-5-3-4-6-17(16)20/h3-10,12-13H,11H2,1-2H3. The highest BCUT2D eigenvalue weighted by Crippen LogP contribution is 2.16. The van der Waals surface area contributed by atoms with Gasteiger partial charge in [0.15, 0.2) is 5.78 Å². The summed E-state index contributed by atoms with van der Waals surface area (Å²) in [6.07, 6.45) is 1.73. The minimum Gasteiger partial charge on any atom is -0.323 e. The Hall–Kier alpha value is -2.42. The Morgan fingerprint density at radius 1 is 1.10 bits per heavy atom. The number of benzene rings is 2. The summed E-state index contributed by atoms with van der Waals surface area (Å²) < 4.78 is 1.90. The maximum atomic E-state index is 12.4. The Kier molecular flexibility index (Phi) is 3.57. The van der Waals surface area contributed by atoms with Crippen LogP contribution in [0.25, 0.3) is 11.0 Å². The quantitative estimate of drug-likeness (QED) is 0.675. The molecule has 0 saturated carbocycles. The van der Waals surface area contributed by atoms with E-state index in [1.165, 1.54) is 5.56 Å². The molecular formula is C18H18N2O. The number of nitrogens with zero attached hydrogens (tertiary/aromatic N) is 2. The van der Waals surface area contributed by atoms with Crippen LogP contribution in [-0.2, 0) is 6.54 Å². The molecule has 3 aromatic rings. The van der Waals surface area contributed by atoms with E-state index >= 15 is 0 Å². The number of carbonyl (C=O) groups excluding carboxylic acids is 1. The van der Waals surface area contributed by atoms with Crippen molar-refractivity contribution in [2.45, 2.75) is 26.3 Å². The van der Waals surface area contributed by atoms with Gasteiger partial charge < -0.3 is 4.57 Å². The summed E-state index contributed by atoms with van der Waals surface area (Å²) in [5.74, 6) is 0.584. The minimum absolute atomic E-state index is 0.105. The fraction of sp³-hybridized carbons (Fsp3) is 0.222. The summed E-state index contributed by atoms with van der Waals surface area (Å²) in [4.78, 5) is 16.7. The van der Waals surface area contributed by atoms with Crippen LogP contribution < -0.4 is 0 Å². The summed E-state index contributed by atoms with van der Waals surface area (Å²) >= 11 is 0. The third-order valence-electron chi connectivity index (χ3n) is 3.74. The molecule has 0 amide bonds. The molecule has 1 aromatic heterocycles. The Labute approximate surface area is 124 Å². The predicted octanol–water partition coefficient (Wildman–Crippen LogP) is 4.04. The molecule has 0 aliphatic heterocycles. The minimum atomic E-state index is 0.105. The van der Waals surface area contributed by atoms with Crippen molar-refractivity contribution >= 4 is 16.8 Å². The number of hydrogen-bond acceptors (Lipinski definition) is 2. The molecule has 0 N–H and O–H groups in total. The molecular weight excluding hydrogens is 260 g/mol. The number of aromatic nitrogens is 2. The first-order valence-corrected chi connectivity index (χ1v) is 7.18. The van der Waals surface area contributed by atoms with Crippen LogP contribution in [0.15, 0.2) is 54.9 Å². The van der Waals surface area contributed by atoms with E-state index in [-0.39, 0.29) is 5.78 Å². The molecule has 1 heterocycles. The summed E-state index contributed by atoms with van der Waals surface area (Å²) in [6.45, 7) is 4.62. The van der Waals surface area contributed by atoms with Gasteiger partial charge in [-0.2, -0.15) is 0 Å². The van der Waals surface area contributed by atoms with Crippen LogP contribution >= 0.6 is 0 Å². The smallest absolute Gasteiger partial charge is 0.182 e. The molecule has 106 valence electrons. The van der Waals surface area contributed by atoms with E-state index in [2.05, 4.69) is 18.8 Å². The summed E-state index contributed by atoms with van der Waals surface area (Å²) in [7, 11) is 0. The lowest BCUT2D eigenvalue weighted by Crippen LogP contribution is -2.09. The highest BCUT2D eigenvalue weighted by molar-refractivity contribution is 5.96. The largest absolute Gasteiger partial charge is 0.323 e. The van der Waals surface area contributed by atoms with Gasteiger partial charge in [0.2, 0.25) is 0 Å². The third kappa shape index (κ3) is 2.72. The van der Waals surface area contributed by atoms with Crippen molar-refractivity contribution in [1.82, 2.24) is 9.55 Å². The predicted molar refractivity (Wildman–Crippen MR) is 84.6 cm³/mol. The van der Waals surface area contributed by atoms with E-state index in [1.807, 2.05) is 53.1 Å². The van der Waals surface area contributed by atoms with Gasteiger partial charge in [-0.05, 0) is 23.6 Å². The third-order valence-corrected chi connectivity index (χ3v) is 3.74. The highest BCUT2D eigenvalue weighted by atomic mass is 16.1. The molecule has 3 heteroatoms. The van der Waals surface area contributed by atoms with Crippen LogP contribution in [0.5, 0.6) is 0 Å². The molecule has 0 aliphatic carbocycles. The van der Waals surface area contributed by atoms with Crippen molar-refractivity contribution < 1.29 is 4.79 Å². The topological polar surface area (TPSA) is 34.9 Å². The van der Waals surface area contributed by atoms with Crippen LogP contribution in [0.3, 0.4) is 0 Å². The first-order valence-electron chi connectivity index (χ1n) is 7.18. The summed E-state index contributed by atoms with van der Waals surface area (Å²) in [5.41, 5.74) is 3.90. The Morgan fingerprint density at radius 3 is 2.52 bits per heavy atom. The number of para-hydroxylation sites is 2. The maximum absolute atomic E-state index is 12.4. The lowest BCUT2D eigenvalue weighted by atomic mass is 10.0. The van der Waals surface area contributed by atoms with Crippen LogP contribution in [0.1, 0.15) is 35.7 Å². The molecule has 0 radical (unpaired) electrons. The van der Waals surface area contributed by atoms with Crippen molar-refractivity contribution in [3.8, 4) is 0 Å². The van der Waals surface area contributed by atoms with Gasteiger partial charge in [-0.3, -0.25) is 4.79 Å². The second-order valence-electron chi connectivity index (χ2n) is 5.56. The second kappa shape index (κ2) is 5.52. The van der Waals surface area contributed by atoms with Crippen LogP contribution in [0, 0.1) is 0 Å². The molecule has 0 spiro atoms. The molecule has 0 fully saturated rings. The molecule has 2 aromatic carbocycles. The van der Waals surface area contributed by atoms with E-state index in [9.17, 15) is 4.79 Å². The Bertz CT molecular complexity index is 769. The van der Waals surface area contributed by atoms with E-state index in [4.69, 9.17) is 0 Å². The zero-order valence-corrected chi connectivity index (χ0v) is 12.3. The number of imidazole rings is 1. The Morgan fingerprint density at radius 2 is 1.81 bits per heavy atom. The van der Waals surface area contributed by atoms with Crippen molar-refractivity contribution in [3.63, 3.8) is 0 Å². The molecule has 3 nitrogen and oxygen atoms in total. The van der Waals surface area contributed by atoms with Crippen LogP contribution in [-0.4, -0.2) is 15.3 Å². The zero-order chi connectivity index (χ0) is 14.8. The number of carbonyl (C=O) groups is 1. The lowest BCUT2D eigenvalue weighted by Gasteiger charge is -2.07. The molecule has 0 atom stereocenters. The van der Waals surface area contributed by atoms with Crippen molar-refractivity contribution in [2.24, 2.45) is 0 Å². The van der Waals surface area contributed by atoms with Gasteiger partial charge >= 0.3 is 0 Å². The number of Topliss-reactive ketones (excluding diaryl/α,β-unsaturated/α-hetero) is 1. The van der Waals surface area contributed by atoms with Gasteiger partial charge in [0.05, 0.1) is 23.9 Å². The normalized spacial score (nSPS) is 11.2. The first kappa shape index (κ1) is 13.6. The highest BCUT2D eigenvalue weighted by Gasteiger charge is 2.10. The number of fused-ring (bicyclic) bond motifs is 1. The average Bonchev–Trinajstić information content (AvgIpc) is 2.91. The Balaban J connectivity index is 1.83. The molecule has 0 bridgehead atoms. The van der Waals surface area contributed by atoms with Gasteiger partial charge in [-0.15, -0.1) is 0 Å². The molecule has 3 rings (SSSR count). The molecule has 0 aliphatic rings. The van der Waals surface area contributed by atoms with Crippen LogP contribution in [0.4, 0.5) is 0 Å². The van der Waals surface area contributed by atoms with Gasteiger partial charge in [-0.1, -0.05) is 50.2 Å². The SMILES string of the molecule is CC(C)c1ccc(C(=O)Cn2cnc3ccccc32)cc1. The number of ketones is 1. The number of rotatable bonds is 4. The summed E-state index contributed by atoms with van der Waals surface area (Å²) in [5, 5.41) is 0. The average molecular weight is 278 g/mol. The van der Waals surface area contributed by atoms with Crippen molar-refractivity contribution in [3.05, 3.63) is 66.0 Å². The van der Waals surface area contributed by atoms with Gasteiger partial charge in [0, 0.05) is 5.56 Å². The van der Waals surface area contributed by atoms with E-state index in [1.54, 1.807) is 6.33 Å². The second-order valence-corrected chi connectivity index (χ2v) is 5.56. The monoisotopic (exact) mass is 278 g/mol. The van der Waals surface area contributed by atoms with Crippen molar-refractivity contribution in [2.75, 3.05) is 0 Å². The zero-order valence-electron chi connectivity index (χ0n) is 12.3. The summed E-state index contributed by atoms with van der Waals surface area (Å²) in [6, 6.07) is 15.7. The van der Waals surface area contributed by atoms with E-state index in [0.29, 0.717) is 12.5 Å². The molecule has 0 saturated heterocycles. The van der Waals surface area contributed by atoms with Crippen LogP contribution in [0.2, 0.25) is 0 Å². The van der Waals surface area contributed by atoms with E-state index in [0.717, 1.165) is 16.6 Å². The lowest BCUT2D eigenvalue weighted by molar-refractivity contribution is 0.0973. The van der Waals surface area contributed by atoms with Crippen molar-refractivity contribution in [1.29, 1.82) is 0 Å². The molecule has 0 unspecified atom stereocenters. The molecule has 21 heavy (non-hydrogen) atoms. The number of hydrogen-bond donors (Lipinski definition) is 0. The van der Waals surface area contributed by atoms with E-state index < -0.39 is 0 Å². The van der Waals surface area contributed by atoms with Gasteiger partial charge in [0.1, 0.15) is 0 Å². The van der Waals surface area contributed by atoms with Gasteiger partial charge in [0.25, 0.3) is 0 Å².